The summed E-state index contributed by atoms with van der Waals surface area (Å²) in [5.41, 5.74) is 2.48. The average Bonchev–Trinajstić information content (AvgIpc) is 2.37. The maximum Gasteiger partial charge on any atom is 0.313 e. The van der Waals surface area contributed by atoms with Gasteiger partial charge in [0.05, 0.1) is 11.2 Å². The van der Waals surface area contributed by atoms with Crippen molar-refractivity contribution in [1.29, 1.82) is 0 Å². The molecule has 1 aliphatic carbocycles. The second kappa shape index (κ2) is 5.95. The second-order valence-corrected chi connectivity index (χ2v) is 4.75. The summed E-state index contributed by atoms with van der Waals surface area (Å²) in [5, 5.41) is 1.03. The molecule has 19 heavy (non-hydrogen) atoms. The highest BCUT2D eigenvalue weighted by Gasteiger charge is 2.14. The van der Waals surface area contributed by atoms with Crippen LogP contribution in [0.5, 0.6) is 0 Å². The molecule has 0 saturated carbocycles. The Labute approximate surface area is 119 Å². The molecule has 96 valence electrons. The number of Topliss-reactive ketones (excluding diaryl/α,β-unsaturated/α-hetero) is 1. The Kier molecular flexibility index (Phi) is 4.30. The number of carbonyl (C=O) groups is 2. The topological polar surface area (TPSA) is 47.0 Å². The molecule has 5 heteroatoms. The second-order valence-electron chi connectivity index (χ2n) is 3.87. The molecule has 3 nitrogen and oxygen atoms in total. The van der Waals surface area contributed by atoms with E-state index in [1.807, 2.05) is 42.5 Å². The van der Waals surface area contributed by atoms with Crippen LogP contribution in [0.2, 0.25) is 0 Å². The van der Waals surface area contributed by atoms with Crippen molar-refractivity contribution in [3.8, 4) is 0 Å². The minimum absolute atomic E-state index is 0.158. The Morgan fingerprint density at radius 1 is 1.21 bits per heavy atom. The number of carbonyl (C=O) groups excluding carboxylic acids is 2. The molecule has 0 bridgehead atoms. The smallest absolute Gasteiger partial charge is 0.294 e. The highest BCUT2D eigenvalue weighted by atomic mass is 35.5. The monoisotopic (exact) mass is 293 g/mol. The Hall–Kier alpha value is -1.71. The van der Waals surface area contributed by atoms with Gasteiger partial charge in [-0.15, -0.1) is 0 Å². The summed E-state index contributed by atoms with van der Waals surface area (Å²) in [4.78, 5) is 25.1. The molecule has 0 atom stereocenters. The first kappa shape index (κ1) is 13.7. The average molecular weight is 294 g/mol. The number of hydrogen-bond acceptors (Lipinski definition) is 3. The van der Waals surface area contributed by atoms with Crippen LogP contribution in [0.1, 0.15) is 22.5 Å². The van der Waals surface area contributed by atoms with Gasteiger partial charge in [0, 0.05) is 17.4 Å². The van der Waals surface area contributed by atoms with E-state index in [1.54, 1.807) is 0 Å². The summed E-state index contributed by atoms with van der Waals surface area (Å²) >= 11 is 8.80. The van der Waals surface area contributed by atoms with E-state index in [2.05, 4.69) is 28.2 Å². The third kappa shape index (κ3) is 3.40. The Morgan fingerprint density at radius 3 is 2.63 bits per heavy atom. The lowest BCUT2D eigenvalue weighted by atomic mass is 9.99. The number of allylic oxidation sites excluding steroid dienone is 1. The summed E-state index contributed by atoms with van der Waals surface area (Å²) in [6, 6.07) is 9.79. The fourth-order valence-corrected chi connectivity index (χ4v) is 1.87. The van der Waals surface area contributed by atoms with Crippen LogP contribution in [0.4, 0.5) is 4.79 Å². The number of fused-ring (bicyclic) bond motifs is 2. The number of para-hydroxylation sites is 1. The van der Waals surface area contributed by atoms with Gasteiger partial charge in [0.1, 0.15) is 0 Å². The lowest BCUT2D eigenvalue weighted by molar-refractivity contribution is 0.0994. The van der Waals surface area contributed by atoms with Gasteiger partial charge < -0.3 is 0 Å². The Bertz CT molecular complexity index is 676. The zero-order valence-electron chi connectivity index (χ0n) is 9.77. The van der Waals surface area contributed by atoms with Crippen molar-refractivity contribution in [2.75, 3.05) is 0 Å². The number of nitrogens with zero attached hydrogens (tertiary/aromatic N) is 1. The SMILES string of the molecule is O=C(Cl)Cl.O=C1CC=Cc2nc3ccccc3cc21. The first-order valence-corrected chi connectivity index (χ1v) is 6.28. The van der Waals surface area contributed by atoms with Crippen molar-refractivity contribution < 1.29 is 9.59 Å². The summed E-state index contributed by atoms with van der Waals surface area (Å²) in [6.45, 7) is 0. The molecule has 3 rings (SSSR count). The lowest BCUT2D eigenvalue weighted by Crippen LogP contribution is -2.06. The van der Waals surface area contributed by atoms with Crippen molar-refractivity contribution in [2.45, 2.75) is 6.42 Å². The van der Waals surface area contributed by atoms with Crippen molar-refractivity contribution in [3.63, 3.8) is 0 Å². The Morgan fingerprint density at radius 2 is 1.89 bits per heavy atom. The van der Waals surface area contributed by atoms with Crippen molar-refractivity contribution in [2.24, 2.45) is 0 Å². The molecule has 2 aromatic rings. The Balaban J connectivity index is 0.000000297. The van der Waals surface area contributed by atoms with Gasteiger partial charge in [-0.2, -0.15) is 0 Å². The summed E-state index contributed by atoms with van der Waals surface area (Å²) in [5.74, 6) is 0.158. The van der Waals surface area contributed by atoms with E-state index in [1.165, 1.54) is 0 Å². The first-order valence-electron chi connectivity index (χ1n) is 5.52. The predicted octanol–water partition coefficient (Wildman–Crippen LogP) is 4.42. The molecule has 0 amide bonds. The molecule has 0 radical (unpaired) electrons. The van der Waals surface area contributed by atoms with E-state index in [0.29, 0.717) is 6.42 Å². The number of hydrogen-bond donors (Lipinski definition) is 0. The van der Waals surface area contributed by atoms with Crippen LogP contribution < -0.4 is 0 Å². The van der Waals surface area contributed by atoms with Crippen molar-refractivity contribution in [3.05, 3.63) is 47.7 Å². The zero-order valence-corrected chi connectivity index (χ0v) is 11.3. The van der Waals surface area contributed by atoms with E-state index >= 15 is 0 Å². The van der Waals surface area contributed by atoms with E-state index in [-0.39, 0.29) is 5.78 Å². The van der Waals surface area contributed by atoms with E-state index in [4.69, 9.17) is 4.79 Å². The third-order valence-electron chi connectivity index (χ3n) is 2.63. The molecule has 0 N–H and O–H groups in total. The number of ketones is 1. The van der Waals surface area contributed by atoms with Gasteiger partial charge in [-0.1, -0.05) is 24.3 Å². The van der Waals surface area contributed by atoms with Gasteiger partial charge in [0.15, 0.2) is 5.78 Å². The first-order chi connectivity index (χ1) is 9.08. The highest BCUT2D eigenvalue weighted by Crippen LogP contribution is 2.22. The maximum absolute atomic E-state index is 11.6. The highest BCUT2D eigenvalue weighted by molar-refractivity contribution is 6.93. The van der Waals surface area contributed by atoms with Crippen molar-refractivity contribution >= 4 is 50.7 Å². The zero-order chi connectivity index (χ0) is 13.8. The summed E-state index contributed by atoms with van der Waals surface area (Å²) in [6.07, 6.45) is 4.28. The number of pyridine rings is 1. The van der Waals surface area contributed by atoms with Crippen LogP contribution >= 0.6 is 23.2 Å². The van der Waals surface area contributed by atoms with Gasteiger partial charge in [-0.3, -0.25) is 9.59 Å². The minimum Gasteiger partial charge on any atom is -0.294 e. The van der Waals surface area contributed by atoms with Crippen LogP contribution in [-0.2, 0) is 0 Å². The molecule has 1 aromatic carbocycles. The van der Waals surface area contributed by atoms with Crippen LogP contribution in [0.15, 0.2) is 36.4 Å². The third-order valence-corrected chi connectivity index (χ3v) is 2.63. The van der Waals surface area contributed by atoms with Gasteiger partial charge in [-0.25, -0.2) is 4.98 Å². The molecule has 0 unspecified atom stereocenters. The van der Waals surface area contributed by atoms with Crippen molar-refractivity contribution in [1.82, 2.24) is 4.98 Å². The molecule has 1 heterocycles. The van der Waals surface area contributed by atoms with E-state index in [0.717, 1.165) is 22.2 Å². The summed E-state index contributed by atoms with van der Waals surface area (Å²) in [7, 11) is 0. The lowest BCUT2D eigenvalue weighted by Gasteiger charge is -2.09. The van der Waals surface area contributed by atoms with Crippen LogP contribution in [0, 0.1) is 0 Å². The standard InChI is InChI=1S/C13H9NO.CCl2O/c15-13-7-3-6-12-10(13)8-9-4-1-2-5-11(9)14-12;2-1(3)4/h1-6,8H,7H2;. The maximum atomic E-state index is 11.6. The van der Waals surface area contributed by atoms with Crippen LogP contribution in [0.3, 0.4) is 0 Å². The van der Waals surface area contributed by atoms with Gasteiger partial charge >= 0.3 is 4.70 Å². The number of rotatable bonds is 0. The van der Waals surface area contributed by atoms with Gasteiger partial charge in [-0.05, 0) is 41.4 Å². The predicted molar refractivity (Wildman–Crippen MR) is 76.8 cm³/mol. The quantitative estimate of drug-likeness (QED) is 0.676. The van der Waals surface area contributed by atoms with E-state index in [9.17, 15) is 4.79 Å². The number of halogens is 2. The molecular weight excluding hydrogens is 285 g/mol. The normalized spacial score (nSPS) is 12.6. The molecule has 0 fully saturated rings. The molecule has 0 spiro atoms. The largest absolute Gasteiger partial charge is 0.313 e. The molecule has 0 aliphatic heterocycles. The number of benzene rings is 1. The molecular formula is C14H9Cl2NO2. The van der Waals surface area contributed by atoms with Gasteiger partial charge in [0.25, 0.3) is 0 Å². The molecule has 1 aliphatic rings. The minimum atomic E-state index is -0.889. The van der Waals surface area contributed by atoms with Gasteiger partial charge in [0.2, 0.25) is 0 Å². The molecule has 0 saturated heterocycles. The fraction of sp³-hybridized carbons (Fsp3) is 0.0714. The molecule has 1 aromatic heterocycles. The van der Waals surface area contributed by atoms with E-state index < -0.39 is 4.70 Å². The van der Waals surface area contributed by atoms with Crippen LogP contribution in [-0.4, -0.2) is 15.5 Å². The summed E-state index contributed by atoms with van der Waals surface area (Å²) < 4.78 is -0.889. The fourth-order valence-electron chi connectivity index (χ4n) is 1.87. The number of aromatic nitrogens is 1. The van der Waals surface area contributed by atoms with Crippen LogP contribution in [0.25, 0.3) is 17.0 Å².